The number of hydrogen-bond donors (Lipinski definition) is 0. The Labute approximate surface area is 150 Å². The number of nitrogens with zero attached hydrogens (tertiary/aromatic N) is 3. The molecule has 0 aliphatic heterocycles. The van der Waals surface area contributed by atoms with Crippen molar-refractivity contribution in [1.29, 1.82) is 0 Å². The first-order chi connectivity index (χ1) is 10.6. The molecule has 0 aliphatic rings. The quantitative estimate of drug-likeness (QED) is 0.508. The van der Waals surface area contributed by atoms with E-state index in [9.17, 15) is 0 Å². The zero-order valence-corrected chi connectivity index (χ0v) is 16.6. The van der Waals surface area contributed by atoms with Gasteiger partial charge in [0.2, 0.25) is 15.9 Å². The van der Waals surface area contributed by atoms with E-state index >= 15 is 0 Å². The van der Waals surface area contributed by atoms with E-state index in [0.717, 1.165) is 0 Å². The lowest BCUT2D eigenvalue weighted by Crippen LogP contribution is -1.87. The van der Waals surface area contributed by atoms with Crippen molar-refractivity contribution in [3.8, 4) is 0 Å². The van der Waals surface area contributed by atoms with E-state index < -0.39 is 0 Å². The maximum atomic E-state index is 5.32. The Hall–Kier alpha value is -0.900. The second kappa shape index (κ2) is 20.1. The van der Waals surface area contributed by atoms with Gasteiger partial charge < -0.3 is 0 Å². The minimum absolute atomic E-state index is 0.000000000000000444. The number of aryl methyl sites for hydroxylation is 1. The van der Waals surface area contributed by atoms with E-state index in [-0.39, 0.29) is 15.9 Å². The van der Waals surface area contributed by atoms with Crippen molar-refractivity contribution >= 4 is 34.8 Å². The van der Waals surface area contributed by atoms with Gasteiger partial charge in [0.1, 0.15) is 0 Å². The van der Waals surface area contributed by atoms with E-state index in [0.29, 0.717) is 0 Å². The molecule has 6 heteroatoms. The first-order valence-corrected chi connectivity index (χ1v) is 8.45. The summed E-state index contributed by atoms with van der Waals surface area (Å²) in [7, 11) is 0. The van der Waals surface area contributed by atoms with Crippen molar-refractivity contribution in [1.82, 2.24) is 15.0 Å². The van der Waals surface area contributed by atoms with Crippen LogP contribution in [0.3, 0.4) is 0 Å². The molecule has 0 bridgehead atoms. The monoisotopic (exact) mass is 365 g/mol. The first-order valence-electron chi connectivity index (χ1n) is 7.32. The lowest BCUT2D eigenvalue weighted by Gasteiger charge is -1.88. The third-order valence-electron chi connectivity index (χ3n) is 1.49. The number of rotatable bonds is 0. The van der Waals surface area contributed by atoms with Crippen LogP contribution in [-0.4, -0.2) is 15.0 Å². The average Bonchev–Trinajstić information content (AvgIpc) is 2.53. The highest BCUT2D eigenvalue weighted by Gasteiger charge is 1.97. The van der Waals surface area contributed by atoms with Gasteiger partial charge in [0, 0.05) is 0 Å². The highest BCUT2D eigenvalue weighted by molar-refractivity contribution is 6.33. The van der Waals surface area contributed by atoms with Gasteiger partial charge in [0.15, 0.2) is 0 Å². The molecule has 0 aliphatic carbocycles. The molecule has 1 aromatic heterocycles. The molecule has 3 nitrogen and oxygen atoms in total. The summed E-state index contributed by atoms with van der Waals surface area (Å²) in [6.07, 6.45) is 0. The van der Waals surface area contributed by atoms with Gasteiger partial charge in [-0.1, -0.05) is 77.4 Å². The van der Waals surface area contributed by atoms with E-state index in [1.54, 1.807) is 0 Å². The van der Waals surface area contributed by atoms with Crippen LogP contribution in [0.25, 0.3) is 0 Å². The molecule has 1 aromatic carbocycles. The fourth-order valence-electron chi connectivity index (χ4n) is 0.838. The Balaban J connectivity index is -0.000000249. The maximum Gasteiger partial charge on any atom is 0.227 e. The number of halogens is 3. The summed E-state index contributed by atoms with van der Waals surface area (Å²) in [4.78, 5) is 10.4. The van der Waals surface area contributed by atoms with E-state index in [1.165, 1.54) is 5.56 Å². The molecular weight excluding hydrogens is 341 g/mol. The van der Waals surface area contributed by atoms with E-state index in [2.05, 4.69) is 34.0 Å². The predicted molar refractivity (Wildman–Crippen MR) is 100 cm³/mol. The van der Waals surface area contributed by atoms with Crippen molar-refractivity contribution in [2.45, 2.75) is 48.5 Å². The van der Waals surface area contributed by atoms with Crippen LogP contribution in [0, 0.1) is 6.92 Å². The third kappa shape index (κ3) is 17.2. The Morgan fingerprint density at radius 2 is 0.864 bits per heavy atom. The zero-order valence-electron chi connectivity index (χ0n) is 14.4. The van der Waals surface area contributed by atoms with Gasteiger partial charge in [-0.05, 0) is 41.7 Å². The fourth-order valence-corrected chi connectivity index (χ4v) is 1.45. The summed E-state index contributed by atoms with van der Waals surface area (Å²) in [6.45, 7) is 14.1. The molecule has 0 saturated carbocycles. The highest BCUT2D eigenvalue weighted by Crippen LogP contribution is 2.08. The topological polar surface area (TPSA) is 38.7 Å². The lowest BCUT2D eigenvalue weighted by atomic mass is 10.2. The van der Waals surface area contributed by atoms with E-state index in [4.69, 9.17) is 34.8 Å². The largest absolute Gasteiger partial charge is 0.227 e. The van der Waals surface area contributed by atoms with Crippen LogP contribution >= 0.6 is 34.8 Å². The van der Waals surface area contributed by atoms with Crippen molar-refractivity contribution in [3.05, 3.63) is 51.7 Å². The summed E-state index contributed by atoms with van der Waals surface area (Å²) in [5.74, 6) is 0. The minimum atomic E-state index is 0.000000000000000444. The van der Waals surface area contributed by atoms with Gasteiger partial charge in [0.05, 0.1) is 0 Å². The van der Waals surface area contributed by atoms with Crippen LogP contribution in [0.5, 0.6) is 0 Å². The molecular formula is C16H26Cl3N3. The molecule has 0 amide bonds. The first kappa shape index (κ1) is 26.0. The second-order valence-corrected chi connectivity index (χ2v) is 3.81. The van der Waals surface area contributed by atoms with Gasteiger partial charge >= 0.3 is 0 Å². The Bertz CT molecular complexity index is 401. The summed E-state index contributed by atoms with van der Waals surface area (Å²) < 4.78 is 0. The summed E-state index contributed by atoms with van der Waals surface area (Å²) in [5, 5.41) is 0.00000000000000178. The van der Waals surface area contributed by atoms with Gasteiger partial charge in [0.25, 0.3) is 0 Å². The van der Waals surface area contributed by atoms with Crippen LogP contribution in [0.15, 0.2) is 30.3 Å². The highest BCUT2D eigenvalue weighted by atomic mass is 35.5. The summed E-state index contributed by atoms with van der Waals surface area (Å²) >= 11 is 16.0. The Kier molecular flexibility index (Phi) is 23.8. The molecule has 1 heterocycles. The molecule has 0 saturated heterocycles. The van der Waals surface area contributed by atoms with Crippen molar-refractivity contribution in [2.75, 3.05) is 0 Å². The molecule has 0 radical (unpaired) electrons. The molecule has 0 N–H and O–H groups in total. The third-order valence-corrected chi connectivity index (χ3v) is 2.00. The van der Waals surface area contributed by atoms with Crippen LogP contribution in [-0.2, 0) is 0 Å². The molecule has 2 rings (SSSR count). The van der Waals surface area contributed by atoms with Crippen LogP contribution < -0.4 is 0 Å². The van der Waals surface area contributed by atoms with E-state index in [1.807, 2.05) is 59.7 Å². The number of hydrogen-bond acceptors (Lipinski definition) is 3. The van der Waals surface area contributed by atoms with Crippen LogP contribution in [0.1, 0.15) is 47.1 Å². The molecule has 0 spiro atoms. The second-order valence-electron chi connectivity index (χ2n) is 2.80. The number of aromatic nitrogens is 3. The predicted octanol–water partition coefficient (Wildman–Crippen LogP) is 6.91. The van der Waals surface area contributed by atoms with Gasteiger partial charge in [-0.2, -0.15) is 15.0 Å². The van der Waals surface area contributed by atoms with Crippen molar-refractivity contribution < 1.29 is 0 Å². The fraction of sp³-hybridized carbons (Fsp3) is 0.438. The molecule has 0 unspecified atom stereocenters. The molecule has 22 heavy (non-hydrogen) atoms. The van der Waals surface area contributed by atoms with Crippen LogP contribution in [0.2, 0.25) is 15.9 Å². The standard InChI is InChI=1S/C7H8.C3Cl3N3.3C2H6/c1-7-5-3-2-4-6-7;4-1-7-2(5)9-3(6)8-1;3*1-2/h2-6H,1H3;;3*1-2H3. The van der Waals surface area contributed by atoms with Crippen molar-refractivity contribution in [2.24, 2.45) is 0 Å². The Morgan fingerprint density at radius 3 is 1.05 bits per heavy atom. The smallest absolute Gasteiger partial charge is 0.187 e. The van der Waals surface area contributed by atoms with Gasteiger partial charge in [-0.3, -0.25) is 0 Å². The SMILES string of the molecule is CC.CC.CC.Cc1ccccc1.Clc1nc(Cl)nc(Cl)n1. The maximum absolute atomic E-state index is 5.32. The molecule has 126 valence electrons. The summed E-state index contributed by atoms with van der Waals surface area (Å²) in [5.41, 5.74) is 1.32. The number of benzene rings is 1. The van der Waals surface area contributed by atoms with Gasteiger partial charge in [-0.15, -0.1) is 0 Å². The molecule has 0 atom stereocenters. The Morgan fingerprint density at radius 1 is 0.591 bits per heavy atom. The summed E-state index contributed by atoms with van der Waals surface area (Å²) in [6, 6.07) is 10.3. The normalized spacial score (nSPS) is 7.55. The average molecular weight is 367 g/mol. The van der Waals surface area contributed by atoms with Crippen molar-refractivity contribution in [3.63, 3.8) is 0 Å². The van der Waals surface area contributed by atoms with Gasteiger partial charge in [-0.25, -0.2) is 0 Å². The molecule has 2 aromatic rings. The van der Waals surface area contributed by atoms with Crippen LogP contribution in [0.4, 0.5) is 0 Å². The lowest BCUT2D eigenvalue weighted by molar-refractivity contribution is 1.05. The zero-order chi connectivity index (χ0) is 18.0. The molecule has 0 fully saturated rings. The minimum Gasteiger partial charge on any atom is -0.187 e.